The molecule has 9 atom stereocenters. The molecule has 3 saturated carbocycles. The summed E-state index contributed by atoms with van der Waals surface area (Å²) in [5, 5.41) is 35.2. The van der Waals surface area contributed by atoms with Crippen LogP contribution < -0.4 is 0 Å². The summed E-state index contributed by atoms with van der Waals surface area (Å²) < 4.78 is 5.91. The molecule has 0 saturated heterocycles. The van der Waals surface area contributed by atoms with Gasteiger partial charge in [-0.25, -0.2) is 0 Å². The molecule has 6 aliphatic carbocycles. The first kappa shape index (κ1) is 37.5. The monoisotopic (exact) mass is 729 g/mol. The van der Waals surface area contributed by atoms with Crippen molar-refractivity contribution in [3.8, 4) is 11.1 Å². The Morgan fingerprint density at radius 1 is 0.852 bits per heavy atom. The fraction of sp³-hybridized carbons (Fsp3) is 0.521. The molecule has 0 aromatic heterocycles. The molecule has 0 heterocycles. The van der Waals surface area contributed by atoms with Crippen molar-refractivity contribution in [2.75, 3.05) is 26.2 Å². The van der Waals surface area contributed by atoms with Crippen molar-refractivity contribution in [1.29, 1.82) is 0 Å². The van der Waals surface area contributed by atoms with Crippen LogP contribution in [0.15, 0.2) is 109 Å². The first-order valence-corrected chi connectivity index (χ1v) is 20.5. The van der Waals surface area contributed by atoms with Crippen LogP contribution >= 0.6 is 0 Å². The topological polar surface area (TPSA) is 90.2 Å². The molecule has 54 heavy (non-hydrogen) atoms. The molecule has 2 spiro atoms. The smallest absolute Gasteiger partial charge is 0.189 e. The Bertz CT molecular complexity index is 1880. The van der Waals surface area contributed by atoms with Gasteiger partial charge in [-0.2, -0.15) is 0 Å². The summed E-state index contributed by atoms with van der Waals surface area (Å²) in [6, 6.07) is 28.4. The van der Waals surface area contributed by atoms with Crippen molar-refractivity contribution in [3.63, 3.8) is 0 Å². The van der Waals surface area contributed by atoms with E-state index in [1.165, 1.54) is 0 Å². The predicted octanol–water partition coefficient (Wildman–Crippen LogP) is 8.42. The fourth-order valence-corrected chi connectivity index (χ4v) is 12.4. The van der Waals surface area contributed by atoms with E-state index in [9.17, 15) is 15.3 Å². The lowest BCUT2D eigenvalue weighted by Crippen LogP contribution is -2.67. The lowest BCUT2D eigenvalue weighted by atomic mass is 9.32. The normalized spacial score (nSPS) is 35.6. The van der Waals surface area contributed by atoms with E-state index in [-0.39, 0.29) is 41.2 Å². The number of Topliss-reactive ketones (excluding diaryl/α,β-unsaturated/α-hetero) is 1. The maximum atomic E-state index is 15.1. The van der Waals surface area contributed by atoms with Gasteiger partial charge >= 0.3 is 0 Å². The van der Waals surface area contributed by atoms with E-state index >= 15 is 4.79 Å². The van der Waals surface area contributed by atoms with Crippen molar-refractivity contribution in [2.24, 2.45) is 33.5 Å². The van der Waals surface area contributed by atoms with E-state index in [0.29, 0.717) is 38.1 Å². The molecule has 9 rings (SSSR count). The van der Waals surface area contributed by atoms with Gasteiger partial charge in [0.1, 0.15) is 0 Å². The van der Waals surface area contributed by atoms with Gasteiger partial charge < -0.3 is 20.1 Å². The van der Waals surface area contributed by atoms with Gasteiger partial charge in [0.25, 0.3) is 0 Å². The summed E-state index contributed by atoms with van der Waals surface area (Å²) in [5.74, 6) is 0.399. The van der Waals surface area contributed by atoms with Crippen LogP contribution in [0.4, 0.5) is 0 Å². The molecule has 3 N–H and O–H groups in total. The molecule has 3 aromatic rings. The number of carbonyl (C=O) groups is 1. The summed E-state index contributed by atoms with van der Waals surface area (Å²) in [5.41, 5.74) is 2.49. The van der Waals surface area contributed by atoms with Crippen LogP contribution in [0.25, 0.3) is 11.1 Å². The number of fused-ring (bicyclic) bond motifs is 1. The van der Waals surface area contributed by atoms with E-state index in [1.807, 2.05) is 60.7 Å². The zero-order valence-electron chi connectivity index (χ0n) is 32.4. The Hall–Kier alpha value is -3.39. The van der Waals surface area contributed by atoms with Crippen LogP contribution in [0.5, 0.6) is 0 Å². The number of allylic oxidation sites excluding steroid dienone is 4. The molecule has 6 nitrogen and oxygen atoms in total. The number of benzene rings is 3. The highest BCUT2D eigenvalue weighted by molar-refractivity contribution is 6.10. The highest BCUT2D eigenvalue weighted by atomic mass is 16.5. The number of ether oxygens (including phenoxy) is 1. The number of hydrogen-bond acceptors (Lipinski definition) is 6. The summed E-state index contributed by atoms with van der Waals surface area (Å²) >= 11 is 0. The van der Waals surface area contributed by atoms with E-state index in [0.717, 1.165) is 67.3 Å². The van der Waals surface area contributed by atoms with Crippen molar-refractivity contribution < 1.29 is 24.9 Å². The number of hydrogen-bond donors (Lipinski definition) is 3. The van der Waals surface area contributed by atoms with Gasteiger partial charge in [-0.15, -0.1) is 0 Å². The average molecular weight is 730 g/mol. The van der Waals surface area contributed by atoms with E-state index < -0.39 is 22.5 Å². The third-order valence-corrected chi connectivity index (χ3v) is 15.1. The zero-order valence-corrected chi connectivity index (χ0v) is 32.4. The summed E-state index contributed by atoms with van der Waals surface area (Å²) in [6.45, 7) is 9.27. The van der Waals surface area contributed by atoms with E-state index in [1.54, 1.807) is 0 Å². The Morgan fingerprint density at radius 3 is 2.22 bits per heavy atom. The summed E-state index contributed by atoms with van der Waals surface area (Å²) in [4.78, 5) is 17.3. The number of rotatable bonds is 13. The quantitative estimate of drug-likeness (QED) is 0.121. The maximum Gasteiger partial charge on any atom is 0.189 e. The van der Waals surface area contributed by atoms with E-state index in [2.05, 4.69) is 68.2 Å². The molecule has 0 aliphatic heterocycles. The zero-order chi connectivity index (χ0) is 37.8. The minimum absolute atomic E-state index is 0.0772. The standard InChI is InChI=1S/C48H59NO5/c1-4-27-49(30-39(51)32-54-31-34-11-7-5-8-12-34)33-47(53)24-21-42-45(47,3)23-20-41-44(2)22-19-38(50)28-46(44)25-26-48(41,42)40(29-46)43(52)37-17-15-36(16-18-37)35-13-9-6-10-14-35/h5-18,25-26,29,38-39,41-42,50-51,53H,4,19-24,27-28,30-33H2,1-3H3/t38?,39-,41-,42-,44-,45+,46+,47-,48-/m1/s1. The number of nitrogens with zero attached hydrogens (tertiary/aromatic N) is 1. The number of carbonyl (C=O) groups excluding carboxylic acids is 1. The molecule has 286 valence electrons. The summed E-state index contributed by atoms with van der Waals surface area (Å²) in [6.07, 6.45) is 12.6. The number of aliphatic hydroxyl groups excluding tert-OH is 2. The minimum atomic E-state index is -0.980. The first-order chi connectivity index (χ1) is 26.0. The van der Waals surface area contributed by atoms with Gasteiger partial charge in [-0.05, 0) is 91.9 Å². The van der Waals surface area contributed by atoms with Crippen molar-refractivity contribution >= 4 is 5.78 Å². The van der Waals surface area contributed by atoms with Crippen LogP contribution in [-0.2, 0) is 11.3 Å². The molecule has 3 fully saturated rings. The molecule has 6 aliphatic rings. The SMILES string of the molecule is CCCN(C[C@@H](O)COCc1ccccc1)C[C@]1(O)CC[C@H]2[C@]34C=C[C@@]5(C=C3C(=O)c3ccc(-c6ccccc6)cc3)CC(O)CC[C@]5(C)[C@H]4CC[C@@]21C. The average Bonchev–Trinajstić information content (AvgIpc) is 3.45. The van der Waals surface area contributed by atoms with Crippen LogP contribution in [0.1, 0.15) is 88.1 Å². The molecule has 0 radical (unpaired) electrons. The van der Waals surface area contributed by atoms with Crippen molar-refractivity contribution in [3.05, 3.63) is 120 Å². The predicted molar refractivity (Wildman–Crippen MR) is 214 cm³/mol. The highest BCUT2D eigenvalue weighted by Crippen LogP contribution is 2.78. The summed E-state index contributed by atoms with van der Waals surface area (Å²) in [7, 11) is 0. The molecule has 6 heteroatoms. The number of aliphatic hydroxyl groups is 3. The Labute approximate surface area is 322 Å². The number of ketones is 1. The molecule has 1 unspecified atom stereocenters. The molecule has 2 bridgehead atoms. The Balaban J connectivity index is 1.09. The van der Waals surface area contributed by atoms with Gasteiger partial charge in [-0.3, -0.25) is 9.69 Å². The minimum Gasteiger partial charge on any atom is -0.393 e. The second kappa shape index (κ2) is 14.3. The lowest BCUT2D eigenvalue weighted by molar-refractivity contribution is -0.177. The van der Waals surface area contributed by atoms with Crippen LogP contribution in [0, 0.1) is 33.5 Å². The third-order valence-electron chi connectivity index (χ3n) is 15.1. The third kappa shape index (κ3) is 5.99. The van der Waals surface area contributed by atoms with Gasteiger partial charge in [0.2, 0.25) is 0 Å². The molecular weight excluding hydrogens is 671 g/mol. The maximum absolute atomic E-state index is 15.1. The molecule has 3 aromatic carbocycles. The largest absolute Gasteiger partial charge is 0.393 e. The second-order valence-electron chi connectivity index (χ2n) is 18.0. The Morgan fingerprint density at radius 2 is 1.50 bits per heavy atom. The van der Waals surface area contributed by atoms with Gasteiger partial charge in [-0.1, -0.05) is 124 Å². The van der Waals surface area contributed by atoms with E-state index in [4.69, 9.17) is 4.74 Å². The Kier molecular flexibility index (Phi) is 9.92. The van der Waals surface area contributed by atoms with Crippen molar-refractivity contribution in [2.45, 2.75) is 96.6 Å². The molecular formula is C48H59NO5. The van der Waals surface area contributed by atoms with Gasteiger partial charge in [0.15, 0.2) is 5.78 Å². The van der Waals surface area contributed by atoms with Crippen LogP contribution in [-0.4, -0.2) is 70.1 Å². The lowest BCUT2D eigenvalue weighted by Gasteiger charge is -2.71. The van der Waals surface area contributed by atoms with Crippen LogP contribution in [0.2, 0.25) is 0 Å². The van der Waals surface area contributed by atoms with Gasteiger partial charge in [0, 0.05) is 40.5 Å². The highest BCUT2D eigenvalue weighted by Gasteiger charge is 2.74. The second-order valence-corrected chi connectivity index (χ2v) is 18.0. The first-order valence-electron chi connectivity index (χ1n) is 20.5. The fourth-order valence-electron chi connectivity index (χ4n) is 12.4. The van der Waals surface area contributed by atoms with Gasteiger partial charge in [0.05, 0.1) is 31.0 Å². The van der Waals surface area contributed by atoms with Crippen molar-refractivity contribution in [1.82, 2.24) is 4.90 Å². The molecule has 0 amide bonds. The van der Waals surface area contributed by atoms with Crippen LogP contribution in [0.3, 0.4) is 0 Å².